The summed E-state index contributed by atoms with van der Waals surface area (Å²) in [5, 5.41) is 4.15. The van der Waals surface area contributed by atoms with E-state index in [1.807, 2.05) is 37.4 Å². The normalized spacial score (nSPS) is 12.5. The Hall–Kier alpha value is -1.91. The number of ether oxygens (including phenoxy) is 1. The lowest BCUT2D eigenvalue weighted by atomic mass is 10.2. The first-order chi connectivity index (χ1) is 10.3. The van der Waals surface area contributed by atoms with Gasteiger partial charge in [0.1, 0.15) is 16.9 Å². The first kappa shape index (κ1) is 14.0. The van der Waals surface area contributed by atoms with Crippen molar-refractivity contribution in [2.24, 2.45) is 0 Å². The van der Waals surface area contributed by atoms with Crippen LogP contribution in [0, 0.1) is 0 Å². The van der Waals surface area contributed by atoms with Gasteiger partial charge in [-0.15, -0.1) is 11.3 Å². The largest absolute Gasteiger partial charge is 0.489 e. The van der Waals surface area contributed by atoms with E-state index in [0.717, 1.165) is 28.4 Å². The molecule has 0 bridgehead atoms. The second kappa shape index (κ2) is 6.24. The molecule has 1 atom stereocenters. The van der Waals surface area contributed by atoms with Crippen LogP contribution >= 0.6 is 11.3 Å². The molecule has 1 aromatic heterocycles. The molecule has 0 spiro atoms. The Kier molecular flexibility index (Phi) is 4.18. The van der Waals surface area contributed by atoms with Crippen LogP contribution in [0.2, 0.25) is 0 Å². The number of thiazole rings is 1. The molecule has 1 N–H and O–H groups in total. The van der Waals surface area contributed by atoms with Gasteiger partial charge in [0.25, 0.3) is 0 Å². The Labute approximate surface area is 128 Å². The van der Waals surface area contributed by atoms with Crippen molar-refractivity contribution >= 4 is 21.6 Å². The molecule has 4 heteroatoms. The number of nitrogens with one attached hydrogen (secondary N) is 1. The Morgan fingerprint density at radius 2 is 1.90 bits per heavy atom. The van der Waals surface area contributed by atoms with Crippen molar-refractivity contribution in [1.82, 2.24) is 10.3 Å². The zero-order chi connectivity index (χ0) is 14.7. The van der Waals surface area contributed by atoms with Crippen molar-refractivity contribution in [3.05, 3.63) is 48.5 Å². The monoisotopic (exact) mass is 298 g/mol. The first-order valence-electron chi connectivity index (χ1n) is 7.03. The molecular weight excluding hydrogens is 280 g/mol. The number of hydrogen-bond donors (Lipinski definition) is 1. The van der Waals surface area contributed by atoms with Gasteiger partial charge in [-0.2, -0.15) is 0 Å². The summed E-state index contributed by atoms with van der Waals surface area (Å²) < 4.78 is 7.04. The summed E-state index contributed by atoms with van der Waals surface area (Å²) in [5.74, 6) is 0.891. The van der Waals surface area contributed by atoms with E-state index in [1.54, 1.807) is 11.3 Å². The van der Waals surface area contributed by atoms with Crippen molar-refractivity contribution < 1.29 is 4.74 Å². The third kappa shape index (κ3) is 3.23. The van der Waals surface area contributed by atoms with E-state index < -0.39 is 0 Å². The molecule has 1 heterocycles. The predicted octanol–water partition coefficient (Wildman–Crippen LogP) is 3.95. The summed E-state index contributed by atoms with van der Waals surface area (Å²) in [7, 11) is 1.93. The van der Waals surface area contributed by atoms with Gasteiger partial charge in [-0.3, -0.25) is 0 Å². The van der Waals surface area contributed by atoms with Gasteiger partial charge in [0, 0.05) is 12.1 Å². The van der Waals surface area contributed by atoms with Gasteiger partial charge in [0.2, 0.25) is 0 Å². The van der Waals surface area contributed by atoms with Gasteiger partial charge in [-0.25, -0.2) is 4.98 Å². The predicted molar refractivity (Wildman–Crippen MR) is 89.1 cm³/mol. The smallest absolute Gasteiger partial charge is 0.124 e. The van der Waals surface area contributed by atoms with Crippen molar-refractivity contribution in [1.29, 1.82) is 0 Å². The molecule has 0 aliphatic heterocycles. The number of rotatable bonds is 5. The molecule has 0 aliphatic carbocycles. The van der Waals surface area contributed by atoms with E-state index >= 15 is 0 Å². The lowest BCUT2D eigenvalue weighted by Crippen LogP contribution is -2.25. The SMILES string of the molecule is CNCC(C)Oc1ccc(-c2nc3ccccc3s2)cc1. The highest BCUT2D eigenvalue weighted by Crippen LogP contribution is 2.30. The van der Waals surface area contributed by atoms with E-state index in [1.165, 1.54) is 4.70 Å². The van der Waals surface area contributed by atoms with Crippen LogP contribution in [0.3, 0.4) is 0 Å². The summed E-state index contributed by atoms with van der Waals surface area (Å²) in [6.07, 6.45) is 0.156. The molecule has 0 aliphatic rings. The molecule has 0 saturated heterocycles. The van der Waals surface area contributed by atoms with E-state index in [9.17, 15) is 0 Å². The van der Waals surface area contributed by atoms with Crippen LogP contribution in [-0.2, 0) is 0 Å². The van der Waals surface area contributed by atoms with Crippen LogP contribution in [0.4, 0.5) is 0 Å². The third-order valence-corrected chi connectivity index (χ3v) is 4.31. The molecule has 108 valence electrons. The minimum Gasteiger partial charge on any atom is -0.489 e. The summed E-state index contributed by atoms with van der Waals surface area (Å²) in [6, 6.07) is 16.4. The standard InChI is InChI=1S/C17H18N2OS/c1-12(11-18-2)20-14-9-7-13(8-10-14)17-19-15-5-3-4-6-16(15)21-17/h3-10,12,18H,11H2,1-2H3. The summed E-state index contributed by atoms with van der Waals surface area (Å²) in [5.41, 5.74) is 2.19. The molecule has 0 fully saturated rings. The molecule has 3 nitrogen and oxygen atoms in total. The van der Waals surface area contributed by atoms with Crippen molar-refractivity contribution in [3.63, 3.8) is 0 Å². The molecule has 21 heavy (non-hydrogen) atoms. The second-order valence-electron chi connectivity index (χ2n) is 5.00. The Balaban J connectivity index is 1.80. The minimum absolute atomic E-state index is 0.156. The van der Waals surface area contributed by atoms with Gasteiger partial charge < -0.3 is 10.1 Å². The fourth-order valence-electron chi connectivity index (χ4n) is 2.23. The maximum absolute atomic E-state index is 5.83. The van der Waals surface area contributed by atoms with E-state index in [0.29, 0.717) is 0 Å². The average molecular weight is 298 g/mol. The molecule has 1 unspecified atom stereocenters. The Bertz CT molecular complexity index is 688. The van der Waals surface area contributed by atoms with Crippen molar-refractivity contribution in [3.8, 4) is 16.3 Å². The maximum Gasteiger partial charge on any atom is 0.124 e. The summed E-state index contributed by atoms with van der Waals surface area (Å²) >= 11 is 1.72. The van der Waals surface area contributed by atoms with Gasteiger partial charge in [-0.05, 0) is 50.4 Å². The second-order valence-corrected chi connectivity index (χ2v) is 6.03. The van der Waals surface area contributed by atoms with Crippen molar-refractivity contribution in [2.75, 3.05) is 13.6 Å². The summed E-state index contributed by atoms with van der Waals surface area (Å²) in [6.45, 7) is 2.89. The average Bonchev–Trinajstić information content (AvgIpc) is 2.92. The van der Waals surface area contributed by atoms with Crippen molar-refractivity contribution in [2.45, 2.75) is 13.0 Å². The first-order valence-corrected chi connectivity index (χ1v) is 7.85. The van der Waals surface area contributed by atoms with Crippen LogP contribution in [0.15, 0.2) is 48.5 Å². The molecule has 0 amide bonds. The fraction of sp³-hybridized carbons (Fsp3) is 0.235. The zero-order valence-electron chi connectivity index (χ0n) is 12.2. The molecule has 0 saturated carbocycles. The lowest BCUT2D eigenvalue weighted by molar-refractivity contribution is 0.220. The van der Waals surface area contributed by atoms with Crippen LogP contribution in [0.25, 0.3) is 20.8 Å². The van der Waals surface area contributed by atoms with E-state index in [4.69, 9.17) is 4.74 Å². The van der Waals surface area contributed by atoms with E-state index in [-0.39, 0.29) is 6.10 Å². The third-order valence-electron chi connectivity index (χ3n) is 3.22. The molecule has 3 aromatic rings. The lowest BCUT2D eigenvalue weighted by Gasteiger charge is -2.14. The number of nitrogens with zero attached hydrogens (tertiary/aromatic N) is 1. The van der Waals surface area contributed by atoms with Gasteiger partial charge in [0.05, 0.1) is 10.2 Å². The highest BCUT2D eigenvalue weighted by molar-refractivity contribution is 7.21. The number of hydrogen-bond acceptors (Lipinski definition) is 4. The quantitative estimate of drug-likeness (QED) is 0.774. The number of benzene rings is 2. The molecular formula is C17H18N2OS. The summed E-state index contributed by atoms with van der Waals surface area (Å²) in [4.78, 5) is 4.67. The minimum atomic E-state index is 0.156. The highest BCUT2D eigenvalue weighted by Gasteiger charge is 2.07. The zero-order valence-corrected chi connectivity index (χ0v) is 13.0. The number of para-hydroxylation sites is 1. The Morgan fingerprint density at radius 3 is 2.62 bits per heavy atom. The van der Waals surface area contributed by atoms with Crippen LogP contribution in [0.1, 0.15) is 6.92 Å². The van der Waals surface area contributed by atoms with Gasteiger partial charge >= 0.3 is 0 Å². The van der Waals surface area contributed by atoms with Crippen LogP contribution < -0.4 is 10.1 Å². The molecule has 2 aromatic carbocycles. The molecule has 0 radical (unpaired) electrons. The number of likely N-dealkylation sites (N-methyl/N-ethyl adjacent to an activating group) is 1. The topological polar surface area (TPSA) is 34.1 Å². The van der Waals surface area contributed by atoms with Crippen LogP contribution in [0.5, 0.6) is 5.75 Å². The van der Waals surface area contributed by atoms with Gasteiger partial charge in [0.15, 0.2) is 0 Å². The van der Waals surface area contributed by atoms with Crippen LogP contribution in [-0.4, -0.2) is 24.7 Å². The fourth-order valence-corrected chi connectivity index (χ4v) is 3.20. The number of fused-ring (bicyclic) bond motifs is 1. The Morgan fingerprint density at radius 1 is 1.14 bits per heavy atom. The maximum atomic E-state index is 5.83. The van der Waals surface area contributed by atoms with Gasteiger partial charge in [-0.1, -0.05) is 12.1 Å². The highest BCUT2D eigenvalue weighted by atomic mass is 32.1. The molecule has 3 rings (SSSR count). The number of aromatic nitrogens is 1. The van der Waals surface area contributed by atoms with E-state index in [2.05, 4.69) is 35.4 Å².